The number of para-hydroxylation sites is 2. The Labute approximate surface area is 218 Å². The number of aromatic amines is 1. The molecule has 0 aliphatic carbocycles. The van der Waals surface area contributed by atoms with Crippen LogP contribution in [0.25, 0.3) is 10.9 Å². The van der Waals surface area contributed by atoms with Crippen LogP contribution in [-0.4, -0.2) is 49.4 Å². The van der Waals surface area contributed by atoms with Crippen LogP contribution in [0.15, 0.2) is 66.9 Å². The largest absolute Gasteiger partial charge is 0.455 e. The van der Waals surface area contributed by atoms with E-state index in [1.165, 1.54) is 26.5 Å². The average molecular weight is 581 g/mol. The SMILES string of the molecule is Ic1ccc2[nH]cc(CCCN3CCN(c4ccccc4Oc4ccc5c(c4)OCO5)CC3)c2c1. The van der Waals surface area contributed by atoms with Crippen LogP contribution in [-0.2, 0) is 6.42 Å². The molecule has 1 saturated heterocycles. The normalized spacial score (nSPS) is 15.6. The highest BCUT2D eigenvalue weighted by Gasteiger charge is 2.21. The molecule has 4 aromatic rings. The fraction of sp³-hybridized carbons (Fsp3) is 0.286. The third-order valence-electron chi connectivity index (χ3n) is 6.80. The van der Waals surface area contributed by atoms with Gasteiger partial charge in [0.15, 0.2) is 17.2 Å². The number of anilines is 1. The fourth-order valence-corrected chi connectivity index (χ4v) is 5.43. The van der Waals surface area contributed by atoms with Gasteiger partial charge in [-0.1, -0.05) is 12.1 Å². The van der Waals surface area contributed by atoms with Crippen LogP contribution in [0.4, 0.5) is 5.69 Å². The van der Waals surface area contributed by atoms with Crippen molar-refractivity contribution in [1.82, 2.24) is 9.88 Å². The number of piperazine rings is 1. The lowest BCUT2D eigenvalue weighted by Gasteiger charge is -2.36. The quantitative estimate of drug-likeness (QED) is 0.270. The third-order valence-corrected chi connectivity index (χ3v) is 7.47. The lowest BCUT2D eigenvalue weighted by molar-refractivity contribution is 0.174. The summed E-state index contributed by atoms with van der Waals surface area (Å²) < 4.78 is 18.5. The molecular weight excluding hydrogens is 553 g/mol. The number of nitrogens with zero attached hydrogens (tertiary/aromatic N) is 2. The van der Waals surface area contributed by atoms with Crippen molar-refractivity contribution in [2.75, 3.05) is 44.4 Å². The molecule has 6 nitrogen and oxygen atoms in total. The predicted molar refractivity (Wildman–Crippen MR) is 147 cm³/mol. The second-order valence-electron chi connectivity index (χ2n) is 9.02. The van der Waals surface area contributed by atoms with Gasteiger partial charge in [-0.15, -0.1) is 0 Å². The number of aromatic nitrogens is 1. The van der Waals surface area contributed by atoms with E-state index in [0.717, 1.165) is 67.8 Å². The molecule has 2 aliphatic rings. The summed E-state index contributed by atoms with van der Waals surface area (Å²) in [6.45, 7) is 5.49. The number of nitrogens with one attached hydrogen (secondary N) is 1. The molecular formula is C28H28IN3O3. The molecule has 0 unspecified atom stereocenters. The van der Waals surface area contributed by atoms with Crippen LogP contribution < -0.4 is 19.1 Å². The lowest BCUT2D eigenvalue weighted by atomic mass is 10.1. The van der Waals surface area contributed by atoms with Crippen LogP contribution in [0.3, 0.4) is 0 Å². The number of aryl methyl sites for hydroxylation is 1. The number of halogens is 1. The third kappa shape index (κ3) is 4.92. The number of fused-ring (bicyclic) bond motifs is 2. The number of hydrogen-bond donors (Lipinski definition) is 1. The summed E-state index contributed by atoms with van der Waals surface area (Å²) in [7, 11) is 0. The van der Waals surface area contributed by atoms with Crippen molar-refractivity contribution >= 4 is 39.2 Å². The van der Waals surface area contributed by atoms with Crippen molar-refractivity contribution in [2.45, 2.75) is 12.8 Å². The van der Waals surface area contributed by atoms with Gasteiger partial charge in [-0.2, -0.15) is 0 Å². The van der Waals surface area contributed by atoms with E-state index in [1.807, 2.05) is 30.3 Å². The van der Waals surface area contributed by atoms with Crippen molar-refractivity contribution in [1.29, 1.82) is 0 Å². The smallest absolute Gasteiger partial charge is 0.231 e. The van der Waals surface area contributed by atoms with Crippen molar-refractivity contribution < 1.29 is 14.2 Å². The second kappa shape index (κ2) is 9.99. The molecule has 0 saturated carbocycles. The molecule has 180 valence electrons. The van der Waals surface area contributed by atoms with Crippen molar-refractivity contribution in [3.8, 4) is 23.0 Å². The van der Waals surface area contributed by atoms with Gasteiger partial charge in [0.2, 0.25) is 6.79 Å². The van der Waals surface area contributed by atoms with Gasteiger partial charge >= 0.3 is 0 Å². The molecule has 35 heavy (non-hydrogen) atoms. The van der Waals surface area contributed by atoms with Gasteiger partial charge in [0.05, 0.1) is 5.69 Å². The summed E-state index contributed by atoms with van der Waals surface area (Å²) >= 11 is 2.39. The Bertz CT molecular complexity index is 1330. The van der Waals surface area contributed by atoms with Gasteiger partial charge in [0.1, 0.15) is 5.75 Å². The zero-order chi connectivity index (χ0) is 23.6. The van der Waals surface area contributed by atoms with E-state index in [-0.39, 0.29) is 6.79 Å². The molecule has 3 aromatic carbocycles. The van der Waals surface area contributed by atoms with E-state index in [2.05, 4.69) is 73.9 Å². The fourth-order valence-electron chi connectivity index (χ4n) is 4.93. The molecule has 0 bridgehead atoms. The number of H-pyrrole nitrogens is 1. The zero-order valence-corrected chi connectivity index (χ0v) is 21.7. The first kappa shape index (κ1) is 22.5. The summed E-state index contributed by atoms with van der Waals surface area (Å²) in [4.78, 5) is 8.42. The van der Waals surface area contributed by atoms with Crippen molar-refractivity contribution in [2.24, 2.45) is 0 Å². The monoisotopic (exact) mass is 581 g/mol. The number of benzene rings is 3. The molecule has 1 N–H and O–H groups in total. The van der Waals surface area contributed by atoms with Gasteiger partial charge in [0.25, 0.3) is 0 Å². The Hall–Kier alpha value is -2.91. The Morgan fingerprint density at radius 1 is 0.914 bits per heavy atom. The maximum absolute atomic E-state index is 6.27. The van der Waals surface area contributed by atoms with Crippen molar-refractivity contribution in [3.05, 3.63) is 76.0 Å². The van der Waals surface area contributed by atoms with Gasteiger partial charge < -0.3 is 24.1 Å². The molecule has 0 radical (unpaired) electrons. The first-order valence-electron chi connectivity index (χ1n) is 12.1. The topological polar surface area (TPSA) is 50.0 Å². The molecule has 3 heterocycles. The average Bonchev–Trinajstić information content (AvgIpc) is 3.51. The second-order valence-corrected chi connectivity index (χ2v) is 10.3. The Morgan fingerprint density at radius 2 is 1.77 bits per heavy atom. The Morgan fingerprint density at radius 3 is 2.69 bits per heavy atom. The summed E-state index contributed by atoms with van der Waals surface area (Å²) in [5.74, 6) is 3.12. The summed E-state index contributed by atoms with van der Waals surface area (Å²) in [5, 5.41) is 1.36. The minimum Gasteiger partial charge on any atom is -0.455 e. The maximum Gasteiger partial charge on any atom is 0.231 e. The minimum absolute atomic E-state index is 0.265. The van der Waals surface area contributed by atoms with Crippen LogP contribution >= 0.6 is 22.6 Å². The van der Waals surface area contributed by atoms with E-state index in [4.69, 9.17) is 14.2 Å². The first-order chi connectivity index (χ1) is 17.2. The molecule has 0 spiro atoms. The molecule has 1 aromatic heterocycles. The minimum atomic E-state index is 0.265. The van der Waals surface area contributed by atoms with Gasteiger partial charge in [-0.25, -0.2) is 0 Å². The highest BCUT2D eigenvalue weighted by atomic mass is 127. The van der Waals surface area contributed by atoms with Crippen LogP contribution in [0.1, 0.15) is 12.0 Å². The van der Waals surface area contributed by atoms with E-state index >= 15 is 0 Å². The van der Waals surface area contributed by atoms with Crippen LogP contribution in [0.5, 0.6) is 23.0 Å². The lowest BCUT2D eigenvalue weighted by Crippen LogP contribution is -2.46. The van der Waals surface area contributed by atoms with E-state index < -0.39 is 0 Å². The van der Waals surface area contributed by atoms with Gasteiger partial charge in [-0.05, 0) is 90.0 Å². The Kier molecular flexibility index (Phi) is 6.43. The van der Waals surface area contributed by atoms with Crippen molar-refractivity contribution in [3.63, 3.8) is 0 Å². The molecule has 7 heteroatoms. The highest BCUT2D eigenvalue weighted by Crippen LogP contribution is 2.39. The summed E-state index contributed by atoms with van der Waals surface area (Å²) in [6, 6.07) is 20.6. The Balaban J connectivity index is 1.04. The summed E-state index contributed by atoms with van der Waals surface area (Å²) in [5.41, 5.74) is 3.79. The van der Waals surface area contributed by atoms with Gasteiger partial charge in [0, 0.05) is 52.9 Å². The number of rotatable bonds is 7. The van der Waals surface area contributed by atoms with Crippen LogP contribution in [0.2, 0.25) is 0 Å². The van der Waals surface area contributed by atoms with E-state index in [1.54, 1.807) is 0 Å². The number of hydrogen-bond acceptors (Lipinski definition) is 5. The van der Waals surface area contributed by atoms with E-state index in [9.17, 15) is 0 Å². The summed E-state index contributed by atoms with van der Waals surface area (Å²) in [6.07, 6.45) is 4.45. The van der Waals surface area contributed by atoms with Crippen LogP contribution in [0, 0.1) is 3.57 Å². The maximum atomic E-state index is 6.27. The standard InChI is InChI=1S/C28H28IN3O3/c29-21-7-9-24-23(16-21)20(18-30-24)4-3-11-31-12-14-32(15-13-31)25-5-1-2-6-26(25)35-22-8-10-27-28(17-22)34-19-33-27/h1-2,5-10,16-18,30H,3-4,11-15,19H2. The van der Waals surface area contributed by atoms with E-state index in [0.29, 0.717) is 0 Å². The first-order valence-corrected chi connectivity index (χ1v) is 13.2. The number of ether oxygens (including phenoxy) is 3. The molecule has 2 aliphatic heterocycles. The zero-order valence-electron chi connectivity index (χ0n) is 19.5. The molecule has 6 rings (SSSR count). The van der Waals surface area contributed by atoms with Gasteiger partial charge in [-0.3, -0.25) is 4.90 Å². The highest BCUT2D eigenvalue weighted by molar-refractivity contribution is 14.1. The molecule has 0 amide bonds. The predicted octanol–water partition coefficient (Wildman–Crippen LogP) is 6.05. The molecule has 0 atom stereocenters. The molecule has 1 fully saturated rings.